The zero-order valence-corrected chi connectivity index (χ0v) is 19.8. The summed E-state index contributed by atoms with van der Waals surface area (Å²) < 4.78 is 0. The van der Waals surface area contributed by atoms with Crippen LogP contribution in [-0.4, -0.2) is 135 Å². The number of halogens is 4. The summed E-state index contributed by atoms with van der Waals surface area (Å²) in [6, 6.07) is 0. The van der Waals surface area contributed by atoms with Gasteiger partial charge < -0.3 is 115 Å². The van der Waals surface area contributed by atoms with Crippen molar-refractivity contribution >= 4 is 69.4 Å². The fraction of sp³-hybridized carbons (Fsp3) is 0. The minimum Gasteiger partial charge on any atom is -1.00 e. The van der Waals surface area contributed by atoms with Crippen LogP contribution in [0.5, 0.6) is 0 Å². The SMILES string of the molecule is [Al+3].[Al+3].[Al+3].[Al+3].[Cl-].[Cl-].[Cl-].[Cl-].[OH-].[OH-].[OH-].[OH-].[OH-].[OH-].[OH-].[OH-].[OH-].[OH-].[OH-].[OH-].[Zr]. The van der Waals surface area contributed by atoms with Gasteiger partial charge in [0.15, 0.2) is 0 Å². The molecular formula is H12Al4Cl4O12Zr-4. The fourth-order valence-electron chi connectivity index (χ4n) is 0. The van der Waals surface area contributed by atoms with Crippen LogP contribution in [0.1, 0.15) is 0 Å². The maximum Gasteiger partial charge on any atom is 3.00 e. The van der Waals surface area contributed by atoms with Crippen LogP contribution in [0.3, 0.4) is 0 Å². The van der Waals surface area contributed by atoms with Crippen LogP contribution in [0, 0.1) is 0 Å². The third-order valence-electron chi connectivity index (χ3n) is 0. The van der Waals surface area contributed by atoms with Crippen LogP contribution in [0.2, 0.25) is 0 Å². The van der Waals surface area contributed by atoms with Crippen molar-refractivity contribution in [1.82, 2.24) is 0 Å². The maximum absolute atomic E-state index is 0. The van der Waals surface area contributed by atoms with Crippen LogP contribution in [0.4, 0.5) is 0 Å². The minimum atomic E-state index is 0. The van der Waals surface area contributed by atoms with Crippen molar-refractivity contribution in [2.45, 2.75) is 0 Å². The largest absolute Gasteiger partial charge is 3.00 e. The number of rotatable bonds is 0. The van der Waals surface area contributed by atoms with E-state index in [1.54, 1.807) is 0 Å². The Balaban J connectivity index is 0. The Labute approximate surface area is 208 Å². The molecule has 0 aromatic carbocycles. The van der Waals surface area contributed by atoms with Gasteiger partial charge in [0.25, 0.3) is 0 Å². The van der Waals surface area contributed by atoms with Crippen molar-refractivity contribution in [3.05, 3.63) is 0 Å². The van der Waals surface area contributed by atoms with Gasteiger partial charge in [0.2, 0.25) is 0 Å². The van der Waals surface area contributed by atoms with E-state index < -0.39 is 0 Å². The summed E-state index contributed by atoms with van der Waals surface area (Å²) in [6.07, 6.45) is 0. The third-order valence-corrected chi connectivity index (χ3v) is 0. The Bertz CT molecular complexity index is 33.2. The molecule has 132 valence electrons. The van der Waals surface area contributed by atoms with Crippen molar-refractivity contribution in [3.8, 4) is 0 Å². The molecule has 0 aliphatic heterocycles. The smallest absolute Gasteiger partial charge is 1.00 e. The van der Waals surface area contributed by atoms with Crippen LogP contribution in [0.25, 0.3) is 0 Å². The Hall–Kier alpha value is 3.69. The Kier molecular flexibility index (Phi) is 43300. The predicted molar refractivity (Wildman–Crippen MR) is 46.2 cm³/mol. The molecule has 0 radical (unpaired) electrons. The van der Waals surface area contributed by atoms with Gasteiger partial charge in [-0.15, -0.1) is 0 Å². The summed E-state index contributed by atoms with van der Waals surface area (Å²) in [7, 11) is 0. The van der Waals surface area contributed by atoms with Crippen molar-refractivity contribution in [2.24, 2.45) is 0 Å². The molecule has 0 amide bonds. The molecule has 0 bridgehead atoms. The molecule has 0 unspecified atom stereocenters. The zero-order chi connectivity index (χ0) is 0. The van der Waals surface area contributed by atoms with Gasteiger partial charge in [-0.1, -0.05) is 0 Å². The van der Waals surface area contributed by atoms with Crippen LogP contribution in [0.15, 0.2) is 0 Å². The van der Waals surface area contributed by atoms with Gasteiger partial charge in [-0.2, -0.15) is 0 Å². The predicted octanol–water partition coefficient (Wildman–Crippen LogP) is -15.6. The number of hydrogen-bond donors (Lipinski definition) is 0. The average Bonchev–Trinajstić information content (AvgIpc) is 0. The van der Waals surface area contributed by atoms with E-state index in [4.69, 9.17) is 0 Å². The van der Waals surface area contributed by atoms with Crippen LogP contribution >= 0.6 is 0 Å². The van der Waals surface area contributed by atoms with Crippen molar-refractivity contribution in [3.63, 3.8) is 0 Å². The Morgan fingerprint density at radius 1 is 0.190 bits per heavy atom. The molecule has 21 heavy (non-hydrogen) atoms. The standard InChI is InChI=1S/4Al.4ClH.12H2O.Zr/h;;;;4*1H;12*1H2;/q4*+3;;;;;;;;;;;;;;;;;/p-16. The first-order chi connectivity index (χ1) is 0. The summed E-state index contributed by atoms with van der Waals surface area (Å²) >= 11 is 0. The molecular weight excluding hydrogens is 533 g/mol. The fourth-order valence-corrected chi connectivity index (χ4v) is 0. The minimum absolute atomic E-state index is 0. The van der Waals surface area contributed by atoms with Crippen molar-refractivity contribution in [1.29, 1.82) is 0 Å². The first-order valence-corrected chi connectivity index (χ1v) is 0. The van der Waals surface area contributed by atoms with Gasteiger partial charge in [0.1, 0.15) is 0 Å². The molecule has 12 nitrogen and oxygen atoms in total. The quantitative estimate of drug-likeness (QED) is 0.256. The zero-order valence-electron chi connectivity index (χ0n) is 9.69. The van der Waals surface area contributed by atoms with E-state index in [1.165, 1.54) is 0 Å². The van der Waals surface area contributed by atoms with E-state index in [-0.39, 0.29) is 211 Å². The normalized spacial score (nSPS) is 0. The summed E-state index contributed by atoms with van der Waals surface area (Å²) in [4.78, 5) is 0. The van der Waals surface area contributed by atoms with Gasteiger partial charge in [0.05, 0.1) is 0 Å². The second-order valence-corrected chi connectivity index (χ2v) is 0. The summed E-state index contributed by atoms with van der Waals surface area (Å²) in [5, 5.41) is 0. The molecule has 0 saturated carbocycles. The summed E-state index contributed by atoms with van der Waals surface area (Å²) in [6.45, 7) is 0. The van der Waals surface area contributed by atoms with E-state index in [0.717, 1.165) is 0 Å². The molecule has 12 N–H and O–H groups in total. The van der Waals surface area contributed by atoms with Gasteiger partial charge in [-0.3, -0.25) is 0 Å². The summed E-state index contributed by atoms with van der Waals surface area (Å²) in [5.74, 6) is 0. The topological polar surface area (TPSA) is 360 Å². The molecule has 0 saturated heterocycles. The monoisotopic (exact) mass is 542 g/mol. The Morgan fingerprint density at radius 2 is 0.190 bits per heavy atom. The second-order valence-electron chi connectivity index (χ2n) is 0. The average molecular weight is 545 g/mol. The summed E-state index contributed by atoms with van der Waals surface area (Å²) in [5.41, 5.74) is 0. The number of hydrogen-bond acceptors (Lipinski definition) is 12. The molecule has 0 fully saturated rings. The first kappa shape index (κ1) is 1020. The van der Waals surface area contributed by atoms with E-state index in [9.17, 15) is 0 Å². The Morgan fingerprint density at radius 3 is 0.190 bits per heavy atom. The van der Waals surface area contributed by atoms with Gasteiger partial charge >= 0.3 is 69.4 Å². The van der Waals surface area contributed by atoms with Crippen molar-refractivity contribution in [2.75, 3.05) is 0 Å². The van der Waals surface area contributed by atoms with Crippen molar-refractivity contribution < 1.29 is 142 Å². The maximum atomic E-state index is 0. The van der Waals surface area contributed by atoms with E-state index in [0.29, 0.717) is 0 Å². The van der Waals surface area contributed by atoms with E-state index in [1.807, 2.05) is 0 Å². The first-order valence-electron chi connectivity index (χ1n) is 0. The molecule has 0 aromatic heterocycles. The van der Waals surface area contributed by atoms with E-state index >= 15 is 0 Å². The van der Waals surface area contributed by atoms with Crippen LogP contribution < -0.4 is 49.6 Å². The molecule has 21 heteroatoms. The van der Waals surface area contributed by atoms with E-state index in [2.05, 4.69) is 0 Å². The van der Waals surface area contributed by atoms with Gasteiger partial charge in [-0.25, -0.2) is 0 Å². The molecule has 0 rings (SSSR count). The molecule has 0 atom stereocenters. The third kappa shape index (κ3) is 818. The molecule has 0 aliphatic rings. The molecule has 0 aromatic rings. The van der Waals surface area contributed by atoms with Crippen LogP contribution in [-0.2, 0) is 26.2 Å². The molecule has 0 spiro atoms. The van der Waals surface area contributed by atoms with Gasteiger partial charge in [0, 0.05) is 26.2 Å². The molecule has 0 aliphatic carbocycles. The van der Waals surface area contributed by atoms with Gasteiger partial charge in [-0.05, 0) is 0 Å². The molecule has 0 heterocycles. The second kappa shape index (κ2) is 895.